The van der Waals surface area contributed by atoms with Crippen LogP contribution in [-0.2, 0) is 6.42 Å². The zero-order chi connectivity index (χ0) is 23.2. The molecule has 6 rings (SSSR count). The molecule has 0 radical (unpaired) electrons. The molecule has 34 heavy (non-hydrogen) atoms. The Morgan fingerprint density at radius 3 is 2.18 bits per heavy atom. The highest BCUT2D eigenvalue weighted by Crippen LogP contribution is 2.38. The smallest absolute Gasteiger partial charge is 0.0287 e. The van der Waals surface area contributed by atoms with Gasteiger partial charge in [0.25, 0.3) is 0 Å². The van der Waals surface area contributed by atoms with Crippen molar-refractivity contribution >= 4 is 11.6 Å². The second-order valence-electron chi connectivity index (χ2n) is 10.4. The van der Waals surface area contributed by atoms with Gasteiger partial charge in [-0.05, 0) is 80.3 Å². The largest absolute Gasteiger partial charge is 0.0647 e. The maximum Gasteiger partial charge on any atom is 0.0287 e. The van der Waals surface area contributed by atoms with Crippen molar-refractivity contribution in [2.45, 2.75) is 39.5 Å². The van der Waals surface area contributed by atoms with Crippen molar-refractivity contribution < 1.29 is 0 Å². The summed E-state index contributed by atoms with van der Waals surface area (Å²) in [6.07, 6.45) is 4.86. The van der Waals surface area contributed by atoms with Crippen LogP contribution in [0.3, 0.4) is 0 Å². The van der Waals surface area contributed by atoms with Crippen molar-refractivity contribution in [3.8, 4) is 0 Å². The third-order valence-corrected chi connectivity index (χ3v) is 7.96. The Labute approximate surface area is 202 Å². The minimum absolute atomic E-state index is 0.288. The van der Waals surface area contributed by atoms with Crippen LogP contribution in [0.2, 0.25) is 0 Å². The van der Waals surface area contributed by atoms with Gasteiger partial charge in [-0.2, -0.15) is 0 Å². The summed E-state index contributed by atoms with van der Waals surface area (Å²) in [4.78, 5) is 0. The minimum atomic E-state index is 0.288. The van der Waals surface area contributed by atoms with Crippen LogP contribution in [0.25, 0.3) is 11.6 Å². The molecule has 0 fully saturated rings. The Kier molecular flexibility index (Phi) is 5.26. The van der Waals surface area contributed by atoms with Crippen LogP contribution in [0.15, 0.2) is 91.0 Å². The molecule has 0 N–H and O–H groups in total. The average Bonchev–Trinajstić information content (AvgIpc) is 2.88. The van der Waals surface area contributed by atoms with Crippen LogP contribution in [0.5, 0.6) is 0 Å². The van der Waals surface area contributed by atoms with E-state index in [0.29, 0.717) is 11.8 Å². The molecule has 2 atom stereocenters. The molecular formula is C34H32. The summed E-state index contributed by atoms with van der Waals surface area (Å²) >= 11 is 0. The molecule has 0 spiro atoms. The molecule has 168 valence electrons. The van der Waals surface area contributed by atoms with Crippen molar-refractivity contribution in [1.82, 2.24) is 0 Å². The highest BCUT2D eigenvalue weighted by molar-refractivity contribution is 5.71. The van der Waals surface area contributed by atoms with Crippen LogP contribution in [0.1, 0.15) is 54.0 Å². The first kappa shape index (κ1) is 21.2. The molecule has 0 heteroatoms. The second-order valence-corrected chi connectivity index (χ2v) is 10.4. The van der Waals surface area contributed by atoms with E-state index in [9.17, 15) is 0 Å². The number of fused-ring (bicyclic) bond motifs is 4. The topological polar surface area (TPSA) is 0 Å². The van der Waals surface area contributed by atoms with Gasteiger partial charge in [-0.1, -0.05) is 116 Å². The van der Waals surface area contributed by atoms with Crippen LogP contribution in [-0.4, -0.2) is 0 Å². The van der Waals surface area contributed by atoms with Gasteiger partial charge in [0, 0.05) is 5.92 Å². The lowest BCUT2D eigenvalue weighted by Gasteiger charge is -2.32. The van der Waals surface area contributed by atoms with E-state index in [1.165, 1.54) is 49.5 Å². The highest BCUT2D eigenvalue weighted by atomic mass is 14.3. The second kappa shape index (κ2) is 8.44. The quantitative estimate of drug-likeness (QED) is 0.336. The number of rotatable bonds is 3. The van der Waals surface area contributed by atoms with Crippen molar-refractivity contribution in [3.05, 3.63) is 140 Å². The van der Waals surface area contributed by atoms with Gasteiger partial charge >= 0.3 is 0 Å². The lowest BCUT2D eigenvalue weighted by molar-refractivity contribution is 0.439. The van der Waals surface area contributed by atoms with Gasteiger partial charge in [0.1, 0.15) is 0 Å². The summed E-state index contributed by atoms with van der Waals surface area (Å²) in [6, 6.07) is 34.0. The maximum absolute atomic E-state index is 2.49. The van der Waals surface area contributed by atoms with E-state index in [1.54, 1.807) is 11.1 Å². The predicted octanol–water partition coefficient (Wildman–Crippen LogP) is 6.63. The summed E-state index contributed by atoms with van der Waals surface area (Å²) < 4.78 is 0. The van der Waals surface area contributed by atoms with E-state index < -0.39 is 0 Å². The molecule has 0 bridgehead atoms. The van der Waals surface area contributed by atoms with Crippen molar-refractivity contribution in [1.29, 1.82) is 0 Å². The number of aryl methyl sites for hydroxylation is 1. The van der Waals surface area contributed by atoms with Crippen molar-refractivity contribution in [2.24, 2.45) is 11.8 Å². The van der Waals surface area contributed by atoms with E-state index >= 15 is 0 Å². The maximum atomic E-state index is 2.49. The zero-order valence-electron chi connectivity index (χ0n) is 20.4. The Morgan fingerprint density at radius 2 is 1.41 bits per heavy atom. The van der Waals surface area contributed by atoms with Crippen LogP contribution < -0.4 is 10.4 Å². The Balaban J connectivity index is 1.75. The summed E-state index contributed by atoms with van der Waals surface area (Å²) in [5.74, 6) is 1.50. The number of hydrogen-bond donors (Lipinski definition) is 0. The summed E-state index contributed by atoms with van der Waals surface area (Å²) in [7, 11) is 0. The number of hydrogen-bond acceptors (Lipinski definition) is 0. The fourth-order valence-corrected chi connectivity index (χ4v) is 6.26. The van der Waals surface area contributed by atoms with Crippen LogP contribution in [0, 0.1) is 29.2 Å². The first-order chi connectivity index (χ1) is 16.6. The highest BCUT2D eigenvalue weighted by Gasteiger charge is 2.29. The molecule has 2 unspecified atom stereocenters. The first-order valence-electron chi connectivity index (χ1n) is 12.7. The summed E-state index contributed by atoms with van der Waals surface area (Å²) in [6.45, 7) is 6.95. The summed E-state index contributed by atoms with van der Waals surface area (Å²) in [5, 5.41) is 5.61. The fraction of sp³-hybridized carbons (Fsp3) is 0.235. The fourth-order valence-electron chi connectivity index (χ4n) is 6.26. The molecule has 0 aliphatic heterocycles. The van der Waals surface area contributed by atoms with E-state index in [4.69, 9.17) is 0 Å². The van der Waals surface area contributed by atoms with Crippen molar-refractivity contribution in [3.63, 3.8) is 0 Å². The van der Waals surface area contributed by atoms with Gasteiger partial charge in [-0.15, -0.1) is 0 Å². The standard InChI is InChI=1S/C34H32/c1-22(2)27-17-18-31-30(33(27)25-15-13-23(3)14-16-25)20-19-29-28-12-8-7-11-26(28)21-32(34(29)31)24-9-5-4-6-10-24/h4-16,19-22,27,32H,17-18H2,1-3H3. The monoisotopic (exact) mass is 440 g/mol. The lowest BCUT2D eigenvalue weighted by atomic mass is 9.72. The molecular weight excluding hydrogens is 408 g/mol. The molecule has 0 heterocycles. The molecule has 0 nitrogen and oxygen atoms in total. The summed E-state index contributed by atoms with van der Waals surface area (Å²) in [5.41, 5.74) is 8.72. The van der Waals surface area contributed by atoms with Gasteiger partial charge in [-0.25, -0.2) is 0 Å². The third kappa shape index (κ3) is 3.44. The molecule has 2 aliphatic carbocycles. The molecule has 4 aromatic carbocycles. The van der Waals surface area contributed by atoms with E-state index in [1.807, 2.05) is 0 Å². The van der Waals surface area contributed by atoms with Gasteiger partial charge in [0.2, 0.25) is 0 Å². The molecule has 0 aromatic heterocycles. The Morgan fingerprint density at radius 1 is 0.706 bits per heavy atom. The Hall–Kier alpha value is -3.38. The number of benzene rings is 4. The molecule has 0 saturated carbocycles. The molecule has 0 saturated heterocycles. The Bertz CT molecular complexity index is 1570. The third-order valence-electron chi connectivity index (χ3n) is 7.96. The lowest BCUT2D eigenvalue weighted by Crippen LogP contribution is -2.30. The molecule has 0 amide bonds. The normalized spacial score (nSPS) is 18.6. The molecule has 4 aromatic rings. The molecule has 2 aliphatic rings. The van der Waals surface area contributed by atoms with E-state index in [-0.39, 0.29) is 5.92 Å². The van der Waals surface area contributed by atoms with Gasteiger partial charge in [0.05, 0.1) is 0 Å². The van der Waals surface area contributed by atoms with Crippen molar-refractivity contribution in [2.75, 3.05) is 0 Å². The van der Waals surface area contributed by atoms with Gasteiger partial charge in [-0.3, -0.25) is 0 Å². The first-order valence-corrected chi connectivity index (χ1v) is 12.7. The zero-order valence-corrected chi connectivity index (χ0v) is 20.4. The van der Waals surface area contributed by atoms with Gasteiger partial charge < -0.3 is 0 Å². The van der Waals surface area contributed by atoms with Gasteiger partial charge in [0.15, 0.2) is 0 Å². The minimum Gasteiger partial charge on any atom is -0.0647 e. The average molecular weight is 441 g/mol. The van der Waals surface area contributed by atoms with Crippen LogP contribution in [0.4, 0.5) is 0 Å². The van der Waals surface area contributed by atoms with E-state index in [0.717, 1.165) is 6.42 Å². The predicted molar refractivity (Wildman–Crippen MR) is 143 cm³/mol. The van der Waals surface area contributed by atoms with E-state index in [2.05, 4.69) is 118 Å². The SMILES string of the molecule is Cc1ccc(C2=c3ccc4c(c3CCC2C(C)C)C(c2ccccc2)C=c2ccccc2=4)cc1. The van der Waals surface area contributed by atoms with Crippen LogP contribution >= 0.6 is 0 Å².